The summed E-state index contributed by atoms with van der Waals surface area (Å²) in [5.74, 6) is 1.84. The van der Waals surface area contributed by atoms with Crippen LogP contribution >= 0.6 is 0 Å². The Morgan fingerprint density at radius 1 is 1.14 bits per heavy atom. The molecule has 0 radical (unpaired) electrons. The number of benzene rings is 1. The molecule has 116 valence electrons. The maximum Gasteiger partial charge on any atom is 0.0473 e. The van der Waals surface area contributed by atoms with Gasteiger partial charge in [0, 0.05) is 31.7 Å². The van der Waals surface area contributed by atoms with Gasteiger partial charge in [-0.15, -0.1) is 0 Å². The Bertz CT molecular complexity index is 430. The van der Waals surface area contributed by atoms with Crippen LogP contribution in [0.25, 0.3) is 0 Å². The maximum absolute atomic E-state index is 3.66. The van der Waals surface area contributed by atoms with E-state index in [9.17, 15) is 0 Å². The Morgan fingerprint density at radius 2 is 1.95 bits per heavy atom. The zero-order valence-corrected chi connectivity index (χ0v) is 13.6. The van der Waals surface area contributed by atoms with Crippen LogP contribution in [0, 0.1) is 11.8 Å². The van der Waals surface area contributed by atoms with E-state index in [2.05, 4.69) is 54.4 Å². The molecule has 0 aromatic heterocycles. The molecule has 1 heterocycles. The summed E-state index contributed by atoms with van der Waals surface area (Å²) < 4.78 is 0. The number of hydrogen-bond acceptors (Lipinski definition) is 2. The SMILES string of the molecule is CC1CCCC(CN2CC(C)NCC2c2ccccc2)C1. The third kappa shape index (κ3) is 3.87. The Kier molecular flexibility index (Phi) is 4.97. The van der Waals surface area contributed by atoms with Crippen molar-refractivity contribution in [1.82, 2.24) is 10.2 Å². The number of rotatable bonds is 3. The van der Waals surface area contributed by atoms with Crippen LogP contribution in [-0.4, -0.2) is 30.6 Å². The van der Waals surface area contributed by atoms with Crippen molar-refractivity contribution >= 4 is 0 Å². The lowest BCUT2D eigenvalue weighted by Crippen LogP contribution is -2.52. The molecule has 2 fully saturated rings. The second-order valence-corrected chi connectivity index (χ2v) is 7.33. The van der Waals surface area contributed by atoms with Gasteiger partial charge in [-0.3, -0.25) is 4.90 Å². The minimum Gasteiger partial charge on any atom is -0.311 e. The molecular formula is C19H30N2. The van der Waals surface area contributed by atoms with Crippen molar-refractivity contribution in [2.75, 3.05) is 19.6 Å². The van der Waals surface area contributed by atoms with E-state index < -0.39 is 0 Å². The Labute approximate surface area is 129 Å². The van der Waals surface area contributed by atoms with Crippen molar-refractivity contribution in [3.05, 3.63) is 35.9 Å². The highest BCUT2D eigenvalue weighted by molar-refractivity contribution is 5.20. The molecule has 1 saturated carbocycles. The Morgan fingerprint density at radius 3 is 2.71 bits per heavy atom. The van der Waals surface area contributed by atoms with Crippen molar-refractivity contribution < 1.29 is 0 Å². The summed E-state index contributed by atoms with van der Waals surface area (Å²) in [6.45, 7) is 8.31. The van der Waals surface area contributed by atoms with Crippen molar-refractivity contribution in [1.29, 1.82) is 0 Å². The van der Waals surface area contributed by atoms with Gasteiger partial charge in [-0.1, -0.05) is 50.1 Å². The standard InChI is InChI=1S/C19H30N2/c1-15-7-6-8-17(11-15)14-21-13-16(2)20-12-19(21)18-9-4-3-5-10-18/h3-5,9-10,15-17,19-20H,6-8,11-14H2,1-2H3. The zero-order valence-electron chi connectivity index (χ0n) is 13.6. The van der Waals surface area contributed by atoms with Crippen LogP contribution in [0.5, 0.6) is 0 Å². The first-order valence-corrected chi connectivity index (χ1v) is 8.74. The maximum atomic E-state index is 3.66. The first kappa shape index (κ1) is 15.1. The van der Waals surface area contributed by atoms with E-state index in [-0.39, 0.29) is 0 Å². The van der Waals surface area contributed by atoms with Crippen molar-refractivity contribution in [3.8, 4) is 0 Å². The van der Waals surface area contributed by atoms with Crippen molar-refractivity contribution in [3.63, 3.8) is 0 Å². The molecule has 1 aliphatic carbocycles. The lowest BCUT2D eigenvalue weighted by atomic mass is 9.81. The third-order valence-electron chi connectivity index (χ3n) is 5.33. The van der Waals surface area contributed by atoms with Gasteiger partial charge in [-0.25, -0.2) is 0 Å². The summed E-state index contributed by atoms with van der Waals surface area (Å²) in [6, 6.07) is 12.2. The fourth-order valence-corrected chi connectivity index (χ4v) is 4.25. The van der Waals surface area contributed by atoms with E-state index in [1.807, 2.05) is 0 Å². The first-order valence-electron chi connectivity index (χ1n) is 8.74. The molecule has 0 amide bonds. The molecule has 2 aliphatic rings. The van der Waals surface area contributed by atoms with E-state index in [0.29, 0.717) is 12.1 Å². The van der Waals surface area contributed by atoms with Gasteiger partial charge < -0.3 is 5.32 Å². The summed E-state index contributed by atoms with van der Waals surface area (Å²) in [5, 5.41) is 3.66. The van der Waals surface area contributed by atoms with Gasteiger partial charge in [0.05, 0.1) is 0 Å². The van der Waals surface area contributed by atoms with Gasteiger partial charge in [0.1, 0.15) is 0 Å². The summed E-state index contributed by atoms with van der Waals surface area (Å²) in [5.41, 5.74) is 1.47. The molecule has 1 aromatic carbocycles. The van der Waals surface area contributed by atoms with Crippen LogP contribution in [0.2, 0.25) is 0 Å². The average Bonchev–Trinajstić information content (AvgIpc) is 2.48. The van der Waals surface area contributed by atoms with Crippen LogP contribution in [0.4, 0.5) is 0 Å². The lowest BCUT2D eigenvalue weighted by molar-refractivity contribution is 0.0964. The highest BCUT2D eigenvalue weighted by atomic mass is 15.2. The van der Waals surface area contributed by atoms with Crippen LogP contribution in [-0.2, 0) is 0 Å². The van der Waals surface area contributed by atoms with Gasteiger partial charge in [-0.05, 0) is 37.2 Å². The minimum absolute atomic E-state index is 0.555. The van der Waals surface area contributed by atoms with E-state index in [0.717, 1.165) is 18.4 Å². The van der Waals surface area contributed by atoms with E-state index in [1.54, 1.807) is 0 Å². The minimum atomic E-state index is 0.555. The van der Waals surface area contributed by atoms with E-state index in [1.165, 1.54) is 44.3 Å². The zero-order chi connectivity index (χ0) is 14.7. The summed E-state index contributed by atoms with van der Waals surface area (Å²) in [4.78, 5) is 2.75. The van der Waals surface area contributed by atoms with E-state index >= 15 is 0 Å². The second-order valence-electron chi connectivity index (χ2n) is 7.33. The third-order valence-corrected chi connectivity index (χ3v) is 5.33. The molecule has 1 N–H and O–H groups in total. The highest BCUT2D eigenvalue weighted by Gasteiger charge is 2.30. The highest BCUT2D eigenvalue weighted by Crippen LogP contribution is 2.32. The number of hydrogen-bond donors (Lipinski definition) is 1. The number of nitrogens with zero attached hydrogens (tertiary/aromatic N) is 1. The normalized spacial score (nSPS) is 34.8. The van der Waals surface area contributed by atoms with Crippen LogP contribution < -0.4 is 5.32 Å². The number of piperazine rings is 1. The molecule has 21 heavy (non-hydrogen) atoms. The van der Waals surface area contributed by atoms with E-state index in [4.69, 9.17) is 0 Å². The Balaban J connectivity index is 1.69. The molecule has 2 nitrogen and oxygen atoms in total. The van der Waals surface area contributed by atoms with Gasteiger partial charge in [0.2, 0.25) is 0 Å². The molecule has 1 aromatic rings. The topological polar surface area (TPSA) is 15.3 Å². The molecule has 4 atom stereocenters. The molecule has 4 unspecified atom stereocenters. The molecule has 2 heteroatoms. The fourth-order valence-electron chi connectivity index (χ4n) is 4.25. The van der Waals surface area contributed by atoms with Gasteiger partial charge in [-0.2, -0.15) is 0 Å². The molecular weight excluding hydrogens is 256 g/mol. The summed E-state index contributed by atoms with van der Waals surface area (Å²) in [7, 11) is 0. The van der Waals surface area contributed by atoms with Crippen LogP contribution in [0.3, 0.4) is 0 Å². The summed E-state index contributed by atoms with van der Waals surface area (Å²) in [6.07, 6.45) is 5.74. The predicted molar refractivity (Wildman–Crippen MR) is 89.3 cm³/mol. The fraction of sp³-hybridized carbons (Fsp3) is 0.684. The average molecular weight is 286 g/mol. The number of nitrogens with one attached hydrogen (secondary N) is 1. The molecule has 3 rings (SSSR count). The van der Waals surface area contributed by atoms with Crippen molar-refractivity contribution in [2.45, 2.75) is 51.6 Å². The van der Waals surface area contributed by atoms with Gasteiger partial charge in [0.25, 0.3) is 0 Å². The first-order chi connectivity index (χ1) is 10.2. The second kappa shape index (κ2) is 6.93. The summed E-state index contributed by atoms with van der Waals surface area (Å²) >= 11 is 0. The van der Waals surface area contributed by atoms with Crippen LogP contribution in [0.1, 0.15) is 51.1 Å². The monoisotopic (exact) mass is 286 g/mol. The van der Waals surface area contributed by atoms with Gasteiger partial charge >= 0.3 is 0 Å². The van der Waals surface area contributed by atoms with Crippen LogP contribution in [0.15, 0.2) is 30.3 Å². The predicted octanol–water partition coefficient (Wildman–Crippen LogP) is 3.85. The molecule has 1 aliphatic heterocycles. The lowest BCUT2D eigenvalue weighted by Gasteiger charge is -2.42. The molecule has 0 bridgehead atoms. The largest absolute Gasteiger partial charge is 0.311 e. The van der Waals surface area contributed by atoms with Crippen molar-refractivity contribution in [2.24, 2.45) is 11.8 Å². The quantitative estimate of drug-likeness (QED) is 0.908. The Hall–Kier alpha value is -0.860. The smallest absolute Gasteiger partial charge is 0.0473 e. The molecule has 1 saturated heterocycles. The van der Waals surface area contributed by atoms with Gasteiger partial charge in [0.15, 0.2) is 0 Å². The molecule has 0 spiro atoms.